The van der Waals surface area contributed by atoms with Crippen molar-refractivity contribution in [2.45, 2.75) is 19.9 Å². The van der Waals surface area contributed by atoms with Gasteiger partial charge in [0.15, 0.2) is 5.96 Å². The second-order valence-corrected chi connectivity index (χ2v) is 6.73. The first kappa shape index (κ1) is 19.2. The van der Waals surface area contributed by atoms with Crippen molar-refractivity contribution in [2.24, 2.45) is 10.9 Å². The second kappa shape index (κ2) is 9.41. The van der Waals surface area contributed by atoms with Gasteiger partial charge >= 0.3 is 0 Å². The maximum atomic E-state index is 5.48. The third-order valence-electron chi connectivity index (χ3n) is 4.62. The molecule has 1 aromatic carbocycles. The molecule has 0 aliphatic carbocycles. The Labute approximate surface area is 161 Å². The van der Waals surface area contributed by atoms with Gasteiger partial charge in [-0.25, -0.2) is 9.67 Å². The molecule has 1 aliphatic heterocycles. The average Bonchev–Trinajstić information content (AvgIpc) is 3.37. The van der Waals surface area contributed by atoms with Crippen LogP contribution in [-0.2, 0) is 11.3 Å². The highest BCUT2D eigenvalue weighted by Gasteiger charge is 2.19. The van der Waals surface area contributed by atoms with Crippen LogP contribution in [-0.4, -0.2) is 61.1 Å². The lowest BCUT2D eigenvalue weighted by Crippen LogP contribution is -2.41. The number of benzene rings is 1. The molecule has 1 saturated heterocycles. The van der Waals surface area contributed by atoms with Crippen molar-refractivity contribution in [3.05, 3.63) is 42.2 Å². The maximum Gasteiger partial charge on any atom is 0.194 e. The molecule has 27 heavy (non-hydrogen) atoms. The normalized spacial score (nSPS) is 17.1. The molecule has 2 aromatic rings. The van der Waals surface area contributed by atoms with Crippen LogP contribution in [0.25, 0.3) is 5.69 Å². The van der Waals surface area contributed by atoms with E-state index in [-0.39, 0.29) is 0 Å². The fraction of sp³-hybridized carbons (Fsp3) is 0.500. The summed E-state index contributed by atoms with van der Waals surface area (Å²) >= 11 is 0. The number of aliphatic imine (C=N–C) groups is 1. The number of ether oxygens (including phenoxy) is 2. The Balaban J connectivity index is 1.64. The Kier molecular flexibility index (Phi) is 6.70. The lowest BCUT2D eigenvalue weighted by Gasteiger charge is -2.24. The highest BCUT2D eigenvalue weighted by atomic mass is 16.5. The number of hydrogen-bond donors (Lipinski definition) is 1. The summed E-state index contributed by atoms with van der Waals surface area (Å²) in [4.78, 5) is 6.94. The van der Waals surface area contributed by atoms with Crippen LogP contribution in [0.2, 0.25) is 0 Å². The van der Waals surface area contributed by atoms with Gasteiger partial charge in [-0.05, 0) is 43.7 Å². The quantitative estimate of drug-likeness (QED) is 0.598. The Morgan fingerprint density at radius 3 is 2.85 bits per heavy atom. The van der Waals surface area contributed by atoms with Gasteiger partial charge in [-0.15, -0.1) is 0 Å². The first-order valence-corrected chi connectivity index (χ1v) is 9.45. The monoisotopic (exact) mass is 371 g/mol. The molecule has 2 heterocycles. The van der Waals surface area contributed by atoms with Crippen LogP contribution in [0.1, 0.15) is 19.0 Å². The smallest absolute Gasteiger partial charge is 0.194 e. The minimum absolute atomic E-state index is 0.539. The van der Waals surface area contributed by atoms with Crippen LogP contribution in [0.3, 0.4) is 0 Å². The standard InChI is InChI=1S/C20H29N5O2/c1-4-21-20(24(2)14-16-10-12-27-15-16)22-13-17-9-11-25(23-17)18-5-7-19(26-3)8-6-18/h5-9,11,16H,4,10,12-15H2,1-3H3,(H,21,22). The van der Waals surface area contributed by atoms with Gasteiger partial charge in [-0.2, -0.15) is 5.10 Å². The van der Waals surface area contributed by atoms with Gasteiger partial charge in [0.05, 0.1) is 31.6 Å². The molecule has 0 bridgehead atoms. The number of hydrogen-bond acceptors (Lipinski definition) is 4. The lowest BCUT2D eigenvalue weighted by molar-refractivity contribution is 0.181. The van der Waals surface area contributed by atoms with Crippen LogP contribution in [0, 0.1) is 5.92 Å². The van der Waals surface area contributed by atoms with E-state index in [2.05, 4.69) is 29.3 Å². The van der Waals surface area contributed by atoms with Crippen molar-refractivity contribution in [3.8, 4) is 11.4 Å². The van der Waals surface area contributed by atoms with Crippen LogP contribution >= 0.6 is 0 Å². The number of nitrogens with one attached hydrogen (secondary N) is 1. The molecule has 0 saturated carbocycles. The van der Waals surface area contributed by atoms with E-state index in [1.807, 2.05) is 41.2 Å². The maximum absolute atomic E-state index is 5.48. The molecule has 1 atom stereocenters. The number of rotatable bonds is 7. The molecule has 1 unspecified atom stereocenters. The van der Waals surface area contributed by atoms with Gasteiger partial charge in [-0.3, -0.25) is 0 Å². The minimum atomic E-state index is 0.539. The van der Waals surface area contributed by atoms with Gasteiger partial charge in [0.25, 0.3) is 0 Å². The number of methoxy groups -OCH3 is 1. The zero-order chi connectivity index (χ0) is 19.1. The van der Waals surface area contributed by atoms with E-state index in [0.717, 1.165) is 55.8 Å². The molecule has 1 aromatic heterocycles. The number of guanidine groups is 1. The summed E-state index contributed by atoms with van der Waals surface area (Å²) in [5.41, 5.74) is 1.93. The summed E-state index contributed by atoms with van der Waals surface area (Å²) < 4.78 is 12.5. The zero-order valence-corrected chi connectivity index (χ0v) is 16.4. The summed E-state index contributed by atoms with van der Waals surface area (Å²) in [6.07, 6.45) is 3.08. The Hall–Kier alpha value is -2.54. The minimum Gasteiger partial charge on any atom is -0.497 e. The van der Waals surface area contributed by atoms with Gasteiger partial charge in [0.2, 0.25) is 0 Å². The van der Waals surface area contributed by atoms with E-state index < -0.39 is 0 Å². The largest absolute Gasteiger partial charge is 0.497 e. The summed E-state index contributed by atoms with van der Waals surface area (Å²) in [5.74, 6) is 2.32. The molecule has 0 spiro atoms. The predicted octanol–water partition coefficient (Wildman–Crippen LogP) is 2.31. The van der Waals surface area contributed by atoms with Crippen LogP contribution in [0.15, 0.2) is 41.5 Å². The van der Waals surface area contributed by atoms with Gasteiger partial charge in [0.1, 0.15) is 5.75 Å². The van der Waals surface area contributed by atoms with Gasteiger partial charge in [-0.1, -0.05) is 0 Å². The van der Waals surface area contributed by atoms with Crippen molar-refractivity contribution in [3.63, 3.8) is 0 Å². The molecule has 0 amide bonds. The van der Waals surface area contributed by atoms with E-state index in [1.165, 1.54) is 0 Å². The van der Waals surface area contributed by atoms with Crippen molar-refractivity contribution in [1.29, 1.82) is 0 Å². The van der Waals surface area contributed by atoms with E-state index in [9.17, 15) is 0 Å². The fourth-order valence-corrected chi connectivity index (χ4v) is 3.15. The third-order valence-corrected chi connectivity index (χ3v) is 4.62. The summed E-state index contributed by atoms with van der Waals surface area (Å²) in [6, 6.07) is 9.84. The zero-order valence-electron chi connectivity index (χ0n) is 16.4. The van der Waals surface area contributed by atoms with E-state index >= 15 is 0 Å². The van der Waals surface area contributed by atoms with E-state index in [0.29, 0.717) is 12.5 Å². The van der Waals surface area contributed by atoms with Gasteiger partial charge < -0.3 is 19.7 Å². The number of nitrogens with zero attached hydrogens (tertiary/aromatic N) is 4. The number of aromatic nitrogens is 2. The summed E-state index contributed by atoms with van der Waals surface area (Å²) in [6.45, 7) is 6.12. The van der Waals surface area contributed by atoms with Crippen molar-refractivity contribution in [1.82, 2.24) is 20.0 Å². The SMILES string of the molecule is CCNC(=NCc1ccn(-c2ccc(OC)cc2)n1)N(C)CC1CCOC1. The molecule has 7 heteroatoms. The third kappa shape index (κ3) is 5.23. The molecule has 1 aliphatic rings. The van der Waals surface area contributed by atoms with Crippen molar-refractivity contribution < 1.29 is 9.47 Å². The van der Waals surface area contributed by atoms with Crippen LogP contribution in [0.5, 0.6) is 5.75 Å². The lowest BCUT2D eigenvalue weighted by atomic mass is 10.1. The molecular formula is C20H29N5O2. The highest BCUT2D eigenvalue weighted by molar-refractivity contribution is 5.79. The van der Waals surface area contributed by atoms with E-state index in [4.69, 9.17) is 14.5 Å². The first-order valence-electron chi connectivity index (χ1n) is 9.45. The summed E-state index contributed by atoms with van der Waals surface area (Å²) in [7, 11) is 3.74. The Morgan fingerprint density at radius 1 is 1.37 bits per heavy atom. The van der Waals surface area contributed by atoms with Crippen molar-refractivity contribution >= 4 is 5.96 Å². The Morgan fingerprint density at radius 2 is 2.19 bits per heavy atom. The van der Waals surface area contributed by atoms with E-state index in [1.54, 1.807) is 7.11 Å². The Bertz CT molecular complexity index is 735. The summed E-state index contributed by atoms with van der Waals surface area (Å²) in [5, 5.41) is 8.00. The van der Waals surface area contributed by atoms with Crippen LogP contribution in [0.4, 0.5) is 0 Å². The molecule has 0 radical (unpaired) electrons. The molecule has 146 valence electrons. The highest BCUT2D eigenvalue weighted by Crippen LogP contribution is 2.15. The molecule has 3 rings (SSSR count). The van der Waals surface area contributed by atoms with Gasteiger partial charge in [0, 0.05) is 38.9 Å². The fourth-order valence-electron chi connectivity index (χ4n) is 3.15. The molecule has 1 fully saturated rings. The molecule has 1 N–H and O–H groups in total. The topological polar surface area (TPSA) is 63.9 Å². The first-order chi connectivity index (χ1) is 13.2. The van der Waals surface area contributed by atoms with Crippen molar-refractivity contribution in [2.75, 3.05) is 40.5 Å². The predicted molar refractivity (Wildman–Crippen MR) is 106 cm³/mol. The second-order valence-electron chi connectivity index (χ2n) is 6.73. The van der Waals surface area contributed by atoms with Crippen LogP contribution < -0.4 is 10.1 Å². The molecule has 7 nitrogen and oxygen atoms in total. The molecular weight excluding hydrogens is 342 g/mol. The average molecular weight is 371 g/mol.